The highest BCUT2D eigenvalue weighted by molar-refractivity contribution is 7.89. The lowest BCUT2D eigenvalue weighted by Crippen LogP contribution is -2.49. The van der Waals surface area contributed by atoms with E-state index in [2.05, 4.69) is 10.0 Å². The molecular formula is C17H21N3O6S. The van der Waals surface area contributed by atoms with E-state index in [-0.39, 0.29) is 29.7 Å². The van der Waals surface area contributed by atoms with Crippen LogP contribution in [0, 0.1) is 0 Å². The molecule has 0 atom stereocenters. The molecule has 10 heteroatoms. The Morgan fingerprint density at radius 2 is 1.93 bits per heavy atom. The maximum atomic E-state index is 12.5. The minimum absolute atomic E-state index is 0.0379. The Morgan fingerprint density at radius 1 is 1.22 bits per heavy atom. The predicted octanol–water partition coefficient (Wildman–Crippen LogP) is -0.175. The number of nitrogens with zero attached hydrogens (tertiary/aromatic N) is 1. The van der Waals surface area contributed by atoms with Gasteiger partial charge in [0.2, 0.25) is 21.8 Å². The van der Waals surface area contributed by atoms with Gasteiger partial charge in [-0.3, -0.25) is 9.59 Å². The Hall–Kier alpha value is -2.01. The van der Waals surface area contributed by atoms with Crippen LogP contribution in [-0.4, -0.2) is 63.8 Å². The maximum Gasteiger partial charge on any atom is 0.241 e. The van der Waals surface area contributed by atoms with E-state index in [0.717, 1.165) is 0 Å². The molecule has 2 saturated heterocycles. The molecule has 27 heavy (non-hydrogen) atoms. The molecule has 1 aromatic rings. The van der Waals surface area contributed by atoms with Crippen LogP contribution in [0.5, 0.6) is 0 Å². The molecule has 0 unspecified atom stereocenters. The minimum atomic E-state index is -3.84. The summed E-state index contributed by atoms with van der Waals surface area (Å²) < 4.78 is 38.6. The van der Waals surface area contributed by atoms with Crippen LogP contribution in [0.15, 0.2) is 23.1 Å². The van der Waals surface area contributed by atoms with Crippen LogP contribution in [-0.2, 0) is 35.5 Å². The van der Waals surface area contributed by atoms with Gasteiger partial charge in [0, 0.05) is 31.6 Å². The van der Waals surface area contributed by atoms with Crippen LogP contribution in [0.1, 0.15) is 18.4 Å². The molecule has 2 N–H and O–H groups in total. The Bertz CT molecular complexity index is 869. The van der Waals surface area contributed by atoms with Crippen molar-refractivity contribution in [2.24, 2.45) is 0 Å². The van der Waals surface area contributed by atoms with Gasteiger partial charge in [-0.2, -0.15) is 0 Å². The van der Waals surface area contributed by atoms with Gasteiger partial charge in [-0.05, 0) is 23.8 Å². The molecule has 2 amide bonds. The van der Waals surface area contributed by atoms with Gasteiger partial charge in [-0.25, -0.2) is 13.1 Å². The van der Waals surface area contributed by atoms with Gasteiger partial charge in [0.15, 0.2) is 5.79 Å². The molecule has 0 radical (unpaired) electrons. The number of benzene rings is 1. The van der Waals surface area contributed by atoms with Crippen LogP contribution in [0.4, 0.5) is 5.69 Å². The number of sulfonamides is 1. The molecule has 1 aromatic carbocycles. The Morgan fingerprint density at radius 3 is 2.63 bits per heavy atom. The summed E-state index contributed by atoms with van der Waals surface area (Å²) in [6, 6.07) is 4.43. The zero-order chi connectivity index (χ0) is 19.1. The molecule has 0 aromatic heterocycles. The summed E-state index contributed by atoms with van der Waals surface area (Å²) in [6.07, 6.45) is 1.31. The van der Waals surface area contributed by atoms with Gasteiger partial charge in [0.1, 0.15) is 0 Å². The van der Waals surface area contributed by atoms with Gasteiger partial charge >= 0.3 is 0 Å². The first-order valence-corrected chi connectivity index (χ1v) is 10.3. The van der Waals surface area contributed by atoms with Crippen molar-refractivity contribution >= 4 is 27.5 Å². The summed E-state index contributed by atoms with van der Waals surface area (Å²) in [5.74, 6) is -1.03. The second-order valence-electron chi connectivity index (χ2n) is 6.86. The Balaban J connectivity index is 1.35. The molecule has 146 valence electrons. The van der Waals surface area contributed by atoms with E-state index in [1.54, 1.807) is 11.0 Å². The normalized spacial score (nSPS) is 21.3. The number of piperidine rings is 1. The average molecular weight is 395 g/mol. The smallest absolute Gasteiger partial charge is 0.241 e. The third-order valence-electron chi connectivity index (χ3n) is 5.12. The standard InChI is InChI=1S/C17H21N3O6S/c21-15-10-12-9-13(1-2-14(12)19-15)27(23,24)18-11-16(22)20-5-3-17(4-6-20)25-7-8-26-17/h1-2,9,18H,3-8,10-11H2,(H,19,21). The number of hydrogen-bond donors (Lipinski definition) is 2. The van der Waals surface area contributed by atoms with Crippen molar-refractivity contribution in [1.29, 1.82) is 0 Å². The molecule has 4 rings (SSSR count). The number of anilines is 1. The fourth-order valence-corrected chi connectivity index (χ4v) is 4.63. The lowest BCUT2D eigenvalue weighted by Gasteiger charge is -2.37. The second kappa shape index (κ2) is 6.86. The number of fused-ring (bicyclic) bond motifs is 1. The van der Waals surface area contributed by atoms with Gasteiger partial charge in [-0.1, -0.05) is 0 Å². The predicted molar refractivity (Wildman–Crippen MR) is 94.4 cm³/mol. The van der Waals surface area contributed by atoms with E-state index >= 15 is 0 Å². The quantitative estimate of drug-likeness (QED) is 0.731. The van der Waals surface area contributed by atoms with Crippen molar-refractivity contribution in [3.05, 3.63) is 23.8 Å². The van der Waals surface area contributed by atoms with Crippen LogP contribution in [0.2, 0.25) is 0 Å². The lowest BCUT2D eigenvalue weighted by molar-refractivity contribution is -0.187. The first-order chi connectivity index (χ1) is 12.9. The van der Waals surface area contributed by atoms with Crippen molar-refractivity contribution in [3.8, 4) is 0 Å². The molecule has 0 bridgehead atoms. The maximum absolute atomic E-state index is 12.5. The van der Waals surface area contributed by atoms with E-state index in [0.29, 0.717) is 50.4 Å². The number of carbonyl (C=O) groups is 2. The molecule has 2 fully saturated rings. The first-order valence-electron chi connectivity index (χ1n) is 8.85. The fourth-order valence-electron chi connectivity index (χ4n) is 3.61. The van der Waals surface area contributed by atoms with Gasteiger partial charge in [-0.15, -0.1) is 0 Å². The number of rotatable bonds is 4. The Kier molecular flexibility index (Phi) is 4.66. The van der Waals surface area contributed by atoms with Gasteiger partial charge in [0.25, 0.3) is 0 Å². The second-order valence-corrected chi connectivity index (χ2v) is 8.62. The highest BCUT2D eigenvalue weighted by atomic mass is 32.2. The Labute approximate surface area is 157 Å². The van der Waals surface area contributed by atoms with Crippen molar-refractivity contribution in [2.75, 3.05) is 38.2 Å². The number of likely N-dealkylation sites (tertiary alicyclic amines) is 1. The number of ether oxygens (including phenoxy) is 2. The molecule has 3 aliphatic rings. The highest BCUT2D eigenvalue weighted by Gasteiger charge is 2.40. The fraction of sp³-hybridized carbons (Fsp3) is 0.529. The molecule has 0 saturated carbocycles. The van der Waals surface area contributed by atoms with Crippen LogP contribution in [0.3, 0.4) is 0 Å². The zero-order valence-electron chi connectivity index (χ0n) is 14.7. The van der Waals surface area contributed by atoms with E-state index in [1.807, 2.05) is 0 Å². The number of nitrogens with one attached hydrogen (secondary N) is 2. The van der Waals surface area contributed by atoms with Crippen LogP contribution < -0.4 is 10.0 Å². The summed E-state index contributed by atoms with van der Waals surface area (Å²) in [5.41, 5.74) is 1.25. The summed E-state index contributed by atoms with van der Waals surface area (Å²) in [5, 5.41) is 2.65. The van der Waals surface area contributed by atoms with Gasteiger partial charge < -0.3 is 19.7 Å². The molecule has 3 heterocycles. The van der Waals surface area contributed by atoms with E-state index in [9.17, 15) is 18.0 Å². The molecule has 1 spiro atoms. The number of amides is 2. The highest BCUT2D eigenvalue weighted by Crippen LogP contribution is 2.31. The van der Waals surface area contributed by atoms with Crippen molar-refractivity contribution in [3.63, 3.8) is 0 Å². The van der Waals surface area contributed by atoms with Crippen molar-refractivity contribution in [1.82, 2.24) is 9.62 Å². The summed E-state index contributed by atoms with van der Waals surface area (Å²) in [7, 11) is -3.84. The summed E-state index contributed by atoms with van der Waals surface area (Å²) in [4.78, 5) is 25.4. The third kappa shape index (κ3) is 3.70. The van der Waals surface area contributed by atoms with Crippen LogP contribution >= 0.6 is 0 Å². The number of hydrogen-bond acceptors (Lipinski definition) is 6. The molecular weight excluding hydrogens is 374 g/mol. The molecule has 0 aliphatic carbocycles. The van der Waals surface area contributed by atoms with Gasteiger partial charge in [0.05, 0.1) is 31.1 Å². The number of carbonyl (C=O) groups excluding carboxylic acids is 2. The van der Waals surface area contributed by atoms with Crippen molar-refractivity contribution < 1.29 is 27.5 Å². The monoisotopic (exact) mass is 395 g/mol. The molecule has 3 aliphatic heterocycles. The van der Waals surface area contributed by atoms with Crippen LogP contribution in [0.25, 0.3) is 0 Å². The SMILES string of the molecule is O=C1Cc2cc(S(=O)(=O)NCC(=O)N3CCC4(CC3)OCCO4)ccc2N1. The molecule has 9 nitrogen and oxygen atoms in total. The van der Waals surface area contributed by atoms with E-state index in [4.69, 9.17) is 9.47 Å². The van der Waals surface area contributed by atoms with E-state index < -0.39 is 15.8 Å². The topological polar surface area (TPSA) is 114 Å². The average Bonchev–Trinajstić information content (AvgIpc) is 3.25. The minimum Gasteiger partial charge on any atom is -0.347 e. The van der Waals surface area contributed by atoms with E-state index in [1.165, 1.54) is 12.1 Å². The lowest BCUT2D eigenvalue weighted by atomic mass is 10.0. The van der Waals surface area contributed by atoms with Crippen molar-refractivity contribution in [2.45, 2.75) is 29.9 Å². The largest absolute Gasteiger partial charge is 0.347 e. The summed E-state index contributed by atoms with van der Waals surface area (Å²) in [6.45, 7) is 1.75. The summed E-state index contributed by atoms with van der Waals surface area (Å²) >= 11 is 0. The first kappa shape index (κ1) is 18.4. The third-order valence-corrected chi connectivity index (χ3v) is 6.52. The zero-order valence-corrected chi connectivity index (χ0v) is 15.5.